The van der Waals surface area contributed by atoms with Crippen LogP contribution in [0.1, 0.15) is 28.5 Å². The molecule has 0 saturated carbocycles. The van der Waals surface area contributed by atoms with Gasteiger partial charge in [0.05, 0.1) is 6.04 Å². The summed E-state index contributed by atoms with van der Waals surface area (Å²) in [5, 5.41) is 3.63. The Morgan fingerprint density at radius 3 is 3.00 bits per heavy atom. The van der Waals surface area contributed by atoms with E-state index in [9.17, 15) is 4.79 Å². The smallest absolute Gasteiger partial charge is 0.274 e. The number of rotatable bonds is 2. The molecule has 5 nitrogen and oxygen atoms in total. The minimum atomic E-state index is -0.316. The fourth-order valence-corrected chi connectivity index (χ4v) is 3.55. The average Bonchev–Trinajstić information content (AvgIpc) is 2.48. The predicted molar refractivity (Wildman–Crippen MR) is 83.4 cm³/mol. The van der Waals surface area contributed by atoms with Crippen LogP contribution in [-0.2, 0) is 0 Å². The molecule has 0 bridgehead atoms. The Morgan fingerprint density at radius 1 is 1.38 bits per heavy atom. The van der Waals surface area contributed by atoms with Crippen LogP contribution in [0.3, 0.4) is 0 Å². The number of hydrogen-bond donors (Lipinski definition) is 2. The number of nitrogens with zero attached hydrogens (tertiary/aromatic N) is 2. The van der Waals surface area contributed by atoms with Crippen LogP contribution in [0.5, 0.6) is 0 Å². The molecule has 1 aliphatic heterocycles. The minimum absolute atomic E-state index is 0.0890. The second kappa shape index (κ2) is 5.91. The topological polar surface area (TPSA) is 80.9 Å². The van der Waals surface area contributed by atoms with E-state index in [1.54, 1.807) is 11.8 Å². The van der Waals surface area contributed by atoms with Gasteiger partial charge in [0.15, 0.2) is 11.5 Å². The molecule has 0 fully saturated rings. The van der Waals surface area contributed by atoms with Crippen molar-refractivity contribution in [3.63, 3.8) is 0 Å². The molecule has 1 atom stereocenters. The second-order valence-electron chi connectivity index (χ2n) is 4.64. The first-order valence-corrected chi connectivity index (χ1v) is 7.81. The summed E-state index contributed by atoms with van der Waals surface area (Å²) in [6, 6.07) is 5.65. The van der Waals surface area contributed by atoms with Gasteiger partial charge in [-0.15, -0.1) is 11.8 Å². The number of benzene rings is 1. The molecule has 7 heteroatoms. The Kier molecular flexibility index (Phi) is 3.98. The van der Waals surface area contributed by atoms with Gasteiger partial charge in [-0.2, -0.15) is 0 Å². The number of nitrogens with two attached hydrogens (primary N) is 1. The van der Waals surface area contributed by atoms with Gasteiger partial charge in [0.2, 0.25) is 0 Å². The molecule has 0 saturated heterocycles. The van der Waals surface area contributed by atoms with Crippen LogP contribution in [0.4, 0.5) is 5.82 Å². The lowest BCUT2D eigenvalue weighted by Crippen LogP contribution is -2.32. The Morgan fingerprint density at radius 2 is 2.19 bits per heavy atom. The molecule has 3 rings (SSSR count). The summed E-state index contributed by atoms with van der Waals surface area (Å²) in [5.74, 6) is 0.755. The summed E-state index contributed by atoms with van der Waals surface area (Å²) in [6.07, 6.45) is 3.75. The zero-order valence-corrected chi connectivity index (χ0v) is 12.6. The number of hydrogen-bond acceptors (Lipinski definition) is 5. The maximum absolute atomic E-state index is 12.3. The van der Waals surface area contributed by atoms with Gasteiger partial charge in [-0.05, 0) is 30.2 Å². The molecule has 0 spiro atoms. The number of thioether (sulfide) groups is 1. The molecule has 2 aromatic rings. The molecule has 1 aromatic heterocycles. The predicted octanol–water partition coefficient (Wildman–Crippen LogP) is 2.68. The van der Waals surface area contributed by atoms with Crippen LogP contribution in [0, 0.1) is 0 Å². The first-order chi connectivity index (χ1) is 10.1. The third kappa shape index (κ3) is 2.96. The molecule has 108 valence electrons. The van der Waals surface area contributed by atoms with Gasteiger partial charge >= 0.3 is 0 Å². The van der Waals surface area contributed by atoms with Crippen molar-refractivity contribution in [3.8, 4) is 0 Å². The fraction of sp³-hybridized carbons (Fsp3) is 0.214. The third-order valence-electron chi connectivity index (χ3n) is 3.26. The van der Waals surface area contributed by atoms with Crippen LogP contribution in [0.25, 0.3) is 0 Å². The molecular weight excluding hydrogens is 308 g/mol. The standard InChI is InChI=1S/C14H13ClN4OS/c15-8-1-2-11-9(7-8)10(3-6-21-11)19-14(20)12-13(16)18-5-4-17-12/h1-2,4-5,7,10H,3,6H2,(H2,16,18)(H,19,20)/t10-/m0/s1. The zero-order chi connectivity index (χ0) is 14.8. The monoisotopic (exact) mass is 320 g/mol. The van der Waals surface area contributed by atoms with Crippen molar-refractivity contribution in [3.05, 3.63) is 46.9 Å². The van der Waals surface area contributed by atoms with E-state index >= 15 is 0 Å². The molecule has 0 aliphatic carbocycles. The second-order valence-corrected chi connectivity index (χ2v) is 6.21. The highest BCUT2D eigenvalue weighted by molar-refractivity contribution is 7.99. The van der Waals surface area contributed by atoms with Gasteiger partial charge in [0.1, 0.15) is 0 Å². The van der Waals surface area contributed by atoms with Crippen LogP contribution < -0.4 is 11.1 Å². The van der Waals surface area contributed by atoms with E-state index in [0.29, 0.717) is 5.02 Å². The van der Waals surface area contributed by atoms with Crippen LogP contribution in [0.15, 0.2) is 35.5 Å². The van der Waals surface area contributed by atoms with Crippen molar-refractivity contribution in [2.45, 2.75) is 17.4 Å². The molecule has 21 heavy (non-hydrogen) atoms. The molecule has 0 unspecified atom stereocenters. The molecular formula is C14H13ClN4OS. The summed E-state index contributed by atoms with van der Waals surface area (Å²) in [7, 11) is 0. The number of carbonyl (C=O) groups excluding carboxylic acids is 1. The number of amides is 1. The van der Waals surface area contributed by atoms with Crippen molar-refractivity contribution >= 4 is 35.1 Å². The van der Waals surface area contributed by atoms with E-state index in [-0.39, 0.29) is 23.5 Å². The summed E-state index contributed by atoms with van der Waals surface area (Å²) >= 11 is 7.82. The van der Waals surface area contributed by atoms with Gasteiger partial charge < -0.3 is 11.1 Å². The van der Waals surface area contributed by atoms with Gasteiger partial charge in [-0.3, -0.25) is 4.79 Å². The van der Waals surface area contributed by atoms with E-state index in [0.717, 1.165) is 22.6 Å². The Labute approximate surface area is 131 Å². The van der Waals surface area contributed by atoms with Crippen molar-refractivity contribution in [1.29, 1.82) is 0 Å². The zero-order valence-electron chi connectivity index (χ0n) is 11.0. The highest BCUT2D eigenvalue weighted by atomic mass is 35.5. The number of anilines is 1. The number of nitrogen functional groups attached to an aromatic ring is 1. The lowest BCUT2D eigenvalue weighted by molar-refractivity contribution is 0.0930. The van der Waals surface area contributed by atoms with E-state index in [4.69, 9.17) is 17.3 Å². The van der Waals surface area contributed by atoms with Gasteiger partial charge in [-0.25, -0.2) is 9.97 Å². The summed E-state index contributed by atoms with van der Waals surface area (Å²) in [4.78, 5) is 21.3. The maximum atomic E-state index is 12.3. The van der Waals surface area contributed by atoms with Gasteiger partial charge in [-0.1, -0.05) is 11.6 Å². The number of aromatic nitrogens is 2. The molecule has 1 amide bonds. The average molecular weight is 321 g/mol. The van der Waals surface area contributed by atoms with Crippen molar-refractivity contribution in [2.75, 3.05) is 11.5 Å². The summed E-state index contributed by atoms with van der Waals surface area (Å²) < 4.78 is 0. The number of carbonyl (C=O) groups is 1. The summed E-state index contributed by atoms with van der Waals surface area (Å²) in [5.41, 5.74) is 6.87. The third-order valence-corrected chi connectivity index (χ3v) is 4.62. The first kappa shape index (κ1) is 14.2. The van der Waals surface area contributed by atoms with Crippen LogP contribution in [0.2, 0.25) is 5.02 Å². The van der Waals surface area contributed by atoms with Gasteiger partial charge in [0, 0.05) is 28.1 Å². The number of fused-ring (bicyclic) bond motifs is 1. The molecule has 1 aromatic carbocycles. The largest absolute Gasteiger partial charge is 0.382 e. The van der Waals surface area contributed by atoms with E-state index in [1.165, 1.54) is 12.4 Å². The van der Waals surface area contributed by atoms with E-state index in [2.05, 4.69) is 15.3 Å². The Balaban J connectivity index is 1.85. The SMILES string of the molecule is Nc1nccnc1C(=O)N[C@H]1CCSc2ccc(Cl)cc21. The van der Waals surface area contributed by atoms with Crippen molar-refractivity contribution < 1.29 is 4.79 Å². The molecule has 3 N–H and O–H groups in total. The number of nitrogens with one attached hydrogen (secondary N) is 1. The molecule has 1 aliphatic rings. The lowest BCUT2D eigenvalue weighted by Gasteiger charge is -2.26. The highest BCUT2D eigenvalue weighted by Gasteiger charge is 2.24. The normalized spacial score (nSPS) is 17.1. The first-order valence-electron chi connectivity index (χ1n) is 6.45. The minimum Gasteiger partial charge on any atom is -0.382 e. The van der Waals surface area contributed by atoms with Gasteiger partial charge in [0.25, 0.3) is 5.91 Å². The quantitative estimate of drug-likeness (QED) is 0.889. The molecule has 0 radical (unpaired) electrons. The van der Waals surface area contributed by atoms with Crippen molar-refractivity contribution in [1.82, 2.24) is 15.3 Å². The lowest BCUT2D eigenvalue weighted by atomic mass is 10.0. The van der Waals surface area contributed by atoms with Crippen molar-refractivity contribution in [2.24, 2.45) is 0 Å². The Bertz CT molecular complexity index is 694. The van der Waals surface area contributed by atoms with Crippen LogP contribution >= 0.6 is 23.4 Å². The fourth-order valence-electron chi connectivity index (χ4n) is 2.27. The van der Waals surface area contributed by atoms with E-state index < -0.39 is 0 Å². The number of halogens is 1. The highest BCUT2D eigenvalue weighted by Crippen LogP contribution is 2.37. The van der Waals surface area contributed by atoms with E-state index in [1.807, 2.05) is 18.2 Å². The Hall–Kier alpha value is -1.79. The maximum Gasteiger partial charge on any atom is 0.274 e. The van der Waals surface area contributed by atoms with Crippen LogP contribution in [-0.4, -0.2) is 21.6 Å². The molecule has 2 heterocycles. The summed E-state index contributed by atoms with van der Waals surface area (Å²) in [6.45, 7) is 0.